The number of nitrogens with zero attached hydrogens (tertiary/aromatic N) is 1. The van der Waals surface area contributed by atoms with Crippen molar-refractivity contribution in [1.29, 1.82) is 0 Å². The molecule has 2 atom stereocenters. The fourth-order valence-electron chi connectivity index (χ4n) is 2.78. The van der Waals surface area contributed by atoms with Crippen molar-refractivity contribution in [2.75, 3.05) is 26.8 Å². The molecule has 2 fully saturated rings. The van der Waals surface area contributed by atoms with Crippen LogP contribution in [0.15, 0.2) is 12.2 Å². The highest BCUT2D eigenvalue weighted by atomic mass is 16.5. The van der Waals surface area contributed by atoms with Crippen LogP contribution in [0.3, 0.4) is 0 Å². The highest BCUT2D eigenvalue weighted by Crippen LogP contribution is 2.41. The lowest BCUT2D eigenvalue weighted by molar-refractivity contribution is -0.0163. The van der Waals surface area contributed by atoms with Gasteiger partial charge in [-0.25, -0.2) is 0 Å². The van der Waals surface area contributed by atoms with Gasteiger partial charge < -0.3 is 9.84 Å². The summed E-state index contributed by atoms with van der Waals surface area (Å²) >= 11 is 0. The van der Waals surface area contributed by atoms with Gasteiger partial charge in [0.05, 0.1) is 18.2 Å². The summed E-state index contributed by atoms with van der Waals surface area (Å²) in [6.45, 7) is 6.13. The number of fused-ring (bicyclic) bond motifs is 1. The number of aliphatic hydroxyl groups is 1. The van der Waals surface area contributed by atoms with Crippen molar-refractivity contribution in [2.45, 2.75) is 24.5 Å². The van der Waals surface area contributed by atoms with Crippen LogP contribution in [-0.4, -0.2) is 48.5 Å². The van der Waals surface area contributed by atoms with Gasteiger partial charge in [-0.05, 0) is 12.8 Å². The molecule has 2 aliphatic heterocycles. The number of methoxy groups -OCH3 is 1. The van der Waals surface area contributed by atoms with Crippen LogP contribution in [-0.2, 0) is 4.74 Å². The van der Waals surface area contributed by atoms with E-state index in [1.807, 2.05) is 0 Å². The SMILES string of the molecule is C=C1CN2CC[C@H](OC)C2(CO)C1. The standard InChI is InChI=1S/C10H17NO2/c1-8-5-10(7-12)9(13-2)3-4-11(10)6-8/h9,12H,1,3-7H2,2H3/t9-,10?/m0/s1. The van der Waals surface area contributed by atoms with E-state index in [-0.39, 0.29) is 18.2 Å². The van der Waals surface area contributed by atoms with Crippen molar-refractivity contribution in [3.63, 3.8) is 0 Å². The molecular weight excluding hydrogens is 166 g/mol. The third-order valence-electron chi connectivity index (χ3n) is 3.42. The summed E-state index contributed by atoms with van der Waals surface area (Å²) in [7, 11) is 1.73. The van der Waals surface area contributed by atoms with Gasteiger partial charge in [0.25, 0.3) is 0 Å². The summed E-state index contributed by atoms with van der Waals surface area (Å²) in [5.41, 5.74) is 1.07. The summed E-state index contributed by atoms with van der Waals surface area (Å²) in [6.07, 6.45) is 2.10. The Morgan fingerprint density at radius 1 is 1.77 bits per heavy atom. The smallest absolute Gasteiger partial charge is 0.0792 e. The Balaban J connectivity index is 2.25. The lowest BCUT2D eigenvalue weighted by Gasteiger charge is -2.33. The second kappa shape index (κ2) is 3.08. The molecule has 74 valence electrons. The van der Waals surface area contributed by atoms with Crippen LogP contribution in [0.4, 0.5) is 0 Å². The molecule has 0 saturated carbocycles. The normalized spacial score (nSPS) is 39.8. The minimum absolute atomic E-state index is 0.147. The third-order valence-corrected chi connectivity index (χ3v) is 3.42. The van der Waals surface area contributed by atoms with Crippen LogP contribution < -0.4 is 0 Å². The van der Waals surface area contributed by atoms with Gasteiger partial charge in [0.2, 0.25) is 0 Å². The van der Waals surface area contributed by atoms with E-state index in [1.54, 1.807) is 7.11 Å². The molecule has 0 radical (unpaired) electrons. The molecule has 2 aliphatic rings. The molecule has 0 aromatic heterocycles. The average Bonchev–Trinajstić information content (AvgIpc) is 2.58. The Bertz CT molecular complexity index is 229. The molecule has 3 heteroatoms. The van der Waals surface area contributed by atoms with Gasteiger partial charge in [-0.15, -0.1) is 0 Å². The molecule has 2 saturated heterocycles. The van der Waals surface area contributed by atoms with Crippen LogP contribution in [0.25, 0.3) is 0 Å². The molecule has 1 unspecified atom stereocenters. The molecule has 0 aliphatic carbocycles. The van der Waals surface area contributed by atoms with Crippen LogP contribution in [0.2, 0.25) is 0 Å². The van der Waals surface area contributed by atoms with Crippen LogP contribution in [0, 0.1) is 0 Å². The zero-order valence-corrected chi connectivity index (χ0v) is 8.12. The summed E-state index contributed by atoms with van der Waals surface area (Å²) in [5, 5.41) is 9.48. The van der Waals surface area contributed by atoms with E-state index in [9.17, 15) is 5.11 Å². The van der Waals surface area contributed by atoms with E-state index in [0.717, 1.165) is 25.9 Å². The van der Waals surface area contributed by atoms with Crippen LogP contribution in [0.1, 0.15) is 12.8 Å². The maximum absolute atomic E-state index is 9.48. The molecule has 0 aromatic rings. The van der Waals surface area contributed by atoms with Crippen molar-refractivity contribution < 1.29 is 9.84 Å². The van der Waals surface area contributed by atoms with Crippen molar-refractivity contribution >= 4 is 0 Å². The van der Waals surface area contributed by atoms with Gasteiger partial charge in [-0.2, -0.15) is 0 Å². The first-order valence-corrected chi connectivity index (χ1v) is 4.78. The number of ether oxygens (including phenoxy) is 1. The van der Waals surface area contributed by atoms with Crippen LogP contribution >= 0.6 is 0 Å². The number of hydrogen-bond acceptors (Lipinski definition) is 3. The molecular formula is C10H17NO2. The molecule has 13 heavy (non-hydrogen) atoms. The minimum Gasteiger partial charge on any atom is -0.394 e. The number of hydrogen-bond donors (Lipinski definition) is 1. The first kappa shape index (κ1) is 9.19. The first-order valence-electron chi connectivity index (χ1n) is 4.78. The van der Waals surface area contributed by atoms with Gasteiger partial charge in [0.1, 0.15) is 0 Å². The van der Waals surface area contributed by atoms with E-state index in [0.29, 0.717) is 0 Å². The zero-order valence-electron chi connectivity index (χ0n) is 8.12. The van der Waals surface area contributed by atoms with Gasteiger partial charge in [-0.3, -0.25) is 4.90 Å². The van der Waals surface area contributed by atoms with Crippen LogP contribution in [0.5, 0.6) is 0 Å². The molecule has 0 bridgehead atoms. The van der Waals surface area contributed by atoms with Gasteiger partial charge >= 0.3 is 0 Å². The molecule has 2 rings (SSSR count). The van der Waals surface area contributed by atoms with Gasteiger partial charge in [0, 0.05) is 20.2 Å². The highest BCUT2D eigenvalue weighted by Gasteiger charge is 2.52. The van der Waals surface area contributed by atoms with E-state index in [1.165, 1.54) is 5.57 Å². The Morgan fingerprint density at radius 3 is 3.15 bits per heavy atom. The van der Waals surface area contributed by atoms with E-state index < -0.39 is 0 Å². The first-order chi connectivity index (χ1) is 6.23. The maximum Gasteiger partial charge on any atom is 0.0792 e. The predicted molar refractivity (Wildman–Crippen MR) is 50.6 cm³/mol. The predicted octanol–water partition coefficient (Wildman–Crippen LogP) is 0.398. The van der Waals surface area contributed by atoms with Crippen molar-refractivity contribution in [2.24, 2.45) is 0 Å². The summed E-state index contributed by atoms with van der Waals surface area (Å²) in [4.78, 5) is 2.31. The summed E-state index contributed by atoms with van der Waals surface area (Å²) in [5.74, 6) is 0. The average molecular weight is 183 g/mol. The Hall–Kier alpha value is -0.380. The molecule has 3 nitrogen and oxygen atoms in total. The molecule has 2 heterocycles. The fourth-order valence-corrected chi connectivity index (χ4v) is 2.78. The third kappa shape index (κ3) is 1.15. The van der Waals surface area contributed by atoms with E-state index >= 15 is 0 Å². The lowest BCUT2D eigenvalue weighted by Crippen LogP contribution is -2.49. The minimum atomic E-state index is -0.147. The van der Waals surface area contributed by atoms with E-state index in [2.05, 4.69) is 11.5 Å². The quantitative estimate of drug-likeness (QED) is 0.629. The monoisotopic (exact) mass is 183 g/mol. The second-order valence-corrected chi connectivity index (χ2v) is 4.12. The summed E-state index contributed by atoms with van der Waals surface area (Å²) in [6, 6.07) is 0. The number of rotatable bonds is 2. The Morgan fingerprint density at radius 2 is 2.54 bits per heavy atom. The zero-order chi connectivity index (χ0) is 9.47. The lowest BCUT2D eigenvalue weighted by atomic mass is 9.91. The van der Waals surface area contributed by atoms with E-state index in [4.69, 9.17) is 4.74 Å². The van der Waals surface area contributed by atoms with Crippen molar-refractivity contribution in [3.05, 3.63) is 12.2 Å². The summed E-state index contributed by atoms with van der Waals surface area (Å²) < 4.78 is 5.42. The molecule has 0 aromatic carbocycles. The highest BCUT2D eigenvalue weighted by molar-refractivity contribution is 5.20. The topological polar surface area (TPSA) is 32.7 Å². The number of aliphatic hydroxyl groups excluding tert-OH is 1. The van der Waals surface area contributed by atoms with Crippen molar-refractivity contribution in [1.82, 2.24) is 4.90 Å². The Kier molecular flexibility index (Phi) is 2.18. The van der Waals surface area contributed by atoms with Crippen molar-refractivity contribution in [3.8, 4) is 0 Å². The maximum atomic E-state index is 9.48. The molecule has 0 amide bonds. The molecule has 0 spiro atoms. The fraction of sp³-hybridized carbons (Fsp3) is 0.800. The molecule has 1 N–H and O–H groups in total. The van der Waals surface area contributed by atoms with Gasteiger partial charge in [0.15, 0.2) is 0 Å². The second-order valence-electron chi connectivity index (χ2n) is 4.12. The Labute approximate surface area is 79.0 Å². The largest absolute Gasteiger partial charge is 0.394 e. The van der Waals surface area contributed by atoms with Gasteiger partial charge in [-0.1, -0.05) is 12.2 Å².